The highest BCUT2D eigenvalue weighted by molar-refractivity contribution is 5.73. The number of carboxylic acid groups (broad SMARTS) is 3. The van der Waals surface area contributed by atoms with Crippen LogP contribution < -0.4 is 16.4 Å². The molecule has 21 heteroatoms. The maximum Gasteiger partial charge on any atom is 0.490 e. The molecule has 1 aromatic carbocycles. The van der Waals surface area contributed by atoms with E-state index in [-0.39, 0.29) is 0 Å². The number of aryl methyl sites for hydroxylation is 3. The molecule has 0 saturated heterocycles. The van der Waals surface area contributed by atoms with Gasteiger partial charge in [-0.05, 0) is 55.2 Å². The number of halogens is 9. The lowest BCUT2D eigenvalue weighted by Crippen LogP contribution is -2.21. The fraction of sp³-hybridized carbons (Fsp3) is 0.250. The zero-order valence-electron chi connectivity index (χ0n) is 22.3. The molecule has 0 fully saturated rings. The second-order valence-corrected chi connectivity index (χ2v) is 8.38. The number of nitrogens with two attached hydrogens (primary N) is 1. The van der Waals surface area contributed by atoms with Gasteiger partial charge in [-0.25, -0.2) is 19.4 Å². The van der Waals surface area contributed by atoms with E-state index in [9.17, 15) is 39.5 Å². The first-order valence-corrected chi connectivity index (χ1v) is 11.6. The number of nitrogen functional groups attached to an aromatic ring is 1. The summed E-state index contributed by atoms with van der Waals surface area (Å²) in [5.41, 5.74) is 12.0. The number of anilines is 5. The molecule has 3 heterocycles. The molecule has 7 N–H and O–H groups in total. The third kappa shape index (κ3) is 13.6. The number of hydrogen-bond donors (Lipinski definition) is 6. The highest BCUT2D eigenvalue weighted by Crippen LogP contribution is 2.26. The number of carboxylic acids is 3. The summed E-state index contributed by atoms with van der Waals surface area (Å²) in [7, 11) is 0. The summed E-state index contributed by atoms with van der Waals surface area (Å²) in [6, 6.07) is 8.05. The van der Waals surface area contributed by atoms with Crippen LogP contribution in [0.4, 0.5) is 68.3 Å². The maximum atomic E-state index is 10.6. The Morgan fingerprint density at radius 1 is 0.756 bits per heavy atom. The van der Waals surface area contributed by atoms with E-state index >= 15 is 0 Å². The van der Waals surface area contributed by atoms with Crippen molar-refractivity contribution in [3.63, 3.8) is 0 Å². The Hall–Kier alpha value is -5.37. The number of rotatable bonds is 0. The highest BCUT2D eigenvalue weighted by Gasteiger charge is 2.39. The molecule has 3 aromatic rings. The summed E-state index contributed by atoms with van der Waals surface area (Å²) in [5.74, 6) is -6.96. The molecule has 45 heavy (non-hydrogen) atoms. The number of carbonyl (C=O) groups is 3. The Morgan fingerprint density at radius 3 is 1.76 bits per heavy atom. The number of hydrogen-bond acceptors (Lipinski definition) is 9. The molecule has 1 aliphatic heterocycles. The summed E-state index contributed by atoms with van der Waals surface area (Å²) in [5, 5.41) is 28.0. The number of fused-ring (bicyclic) bond motifs is 6. The third-order valence-corrected chi connectivity index (χ3v) is 4.84. The van der Waals surface area contributed by atoms with Gasteiger partial charge in [0.05, 0.1) is 11.9 Å². The molecule has 0 saturated carbocycles. The summed E-state index contributed by atoms with van der Waals surface area (Å²) in [6.07, 6.45) is -8.08. The van der Waals surface area contributed by atoms with E-state index in [1.54, 1.807) is 12.4 Å². The van der Waals surface area contributed by atoms with Crippen molar-refractivity contribution >= 4 is 46.7 Å². The average Bonchev–Trinajstić information content (AvgIpc) is 2.90. The minimum absolute atomic E-state index is 0.539. The van der Waals surface area contributed by atoms with E-state index in [4.69, 9.17) is 35.4 Å². The van der Waals surface area contributed by atoms with Gasteiger partial charge in [0.15, 0.2) is 0 Å². The molecule has 0 aliphatic carbocycles. The van der Waals surface area contributed by atoms with Crippen molar-refractivity contribution in [2.24, 2.45) is 0 Å². The molecule has 6 bridgehead atoms. The minimum Gasteiger partial charge on any atom is -0.475 e. The lowest BCUT2D eigenvalue weighted by Gasteiger charge is -2.12. The molecule has 246 valence electrons. The number of benzene rings is 1. The van der Waals surface area contributed by atoms with Crippen molar-refractivity contribution in [1.29, 1.82) is 0 Å². The molecular weight excluding hydrogens is 639 g/mol. The molecule has 2 aromatic heterocycles. The Labute approximate surface area is 245 Å². The Morgan fingerprint density at radius 2 is 1.27 bits per heavy atom. The lowest BCUT2D eigenvalue weighted by atomic mass is 10.0. The standard InChI is InChI=1S/C18H18N6.3C2HF3O2/c1-11-8-21-18-23-15-6-12(9-20-10-15)2-3-13-7-14(4-5-16(13)19)22-17(11)24-18;3*3-2(4,5)1(6)7/h4-10H,2-3,19H2,1H3,(H2,21,22,23,24);3*(H,6,7). The molecule has 0 spiro atoms. The highest BCUT2D eigenvalue weighted by atomic mass is 19.4. The number of aromatic nitrogens is 3. The first kappa shape index (κ1) is 37.7. The number of pyridine rings is 1. The molecule has 0 unspecified atom stereocenters. The predicted octanol–water partition coefficient (Wildman–Crippen LogP) is 5.25. The molecule has 12 nitrogen and oxygen atoms in total. The van der Waals surface area contributed by atoms with Gasteiger partial charge in [-0.1, -0.05) is 0 Å². The summed E-state index contributed by atoms with van der Waals surface area (Å²) < 4.78 is 95.2. The van der Waals surface area contributed by atoms with Gasteiger partial charge in [-0.3, -0.25) is 4.98 Å². The van der Waals surface area contributed by atoms with Crippen LogP contribution in [-0.2, 0) is 27.2 Å². The average molecular weight is 660 g/mol. The van der Waals surface area contributed by atoms with Crippen LogP contribution in [0.3, 0.4) is 0 Å². The third-order valence-electron chi connectivity index (χ3n) is 4.84. The first-order chi connectivity index (χ1) is 20.5. The van der Waals surface area contributed by atoms with Crippen molar-refractivity contribution in [3.05, 3.63) is 59.5 Å². The quantitative estimate of drug-likeness (QED) is 0.135. The fourth-order valence-corrected chi connectivity index (χ4v) is 2.77. The van der Waals surface area contributed by atoms with Gasteiger partial charge < -0.3 is 31.7 Å². The smallest absolute Gasteiger partial charge is 0.475 e. The fourth-order valence-electron chi connectivity index (χ4n) is 2.77. The van der Waals surface area contributed by atoms with E-state index in [0.29, 0.717) is 5.95 Å². The monoisotopic (exact) mass is 660 g/mol. The van der Waals surface area contributed by atoms with E-state index < -0.39 is 36.4 Å². The minimum atomic E-state index is -5.08. The molecule has 0 amide bonds. The van der Waals surface area contributed by atoms with E-state index in [1.165, 1.54) is 0 Å². The first-order valence-electron chi connectivity index (χ1n) is 11.6. The summed E-state index contributed by atoms with van der Waals surface area (Å²) in [6.45, 7) is 1.98. The van der Waals surface area contributed by atoms with Crippen molar-refractivity contribution in [2.45, 2.75) is 38.3 Å². The number of nitrogens with zero attached hydrogens (tertiary/aromatic N) is 3. The van der Waals surface area contributed by atoms with Crippen LogP contribution in [0.15, 0.2) is 42.9 Å². The van der Waals surface area contributed by atoms with E-state index in [1.807, 2.05) is 25.3 Å². The Bertz CT molecular complexity index is 1440. The van der Waals surface area contributed by atoms with Crippen LogP contribution in [0.2, 0.25) is 0 Å². The molecule has 1 aliphatic rings. The normalized spacial score (nSPS) is 12.1. The number of alkyl halides is 9. The molecule has 0 atom stereocenters. The maximum absolute atomic E-state index is 10.6. The van der Waals surface area contributed by atoms with Crippen LogP contribution in [0.1, 0.15) is 16.7 Å². The Balaban J connectivity index is 0.000000396. The summed E-state index contributed by atoms with van der Waals surface area (Å²) in [4.78, 5) is 39.9. The second-order valence-electron chi connectivity index (χ2n) is 8.38. The van der Waals surface area contributed by atoms with Crippen LogP contribution in [0.25, 0.3) is 0 Å². The van der Waals surface area contributed by atoms with Crippen molar-refractivity contribution in [3.8, 4) is 0 Å². The lowest BCUT2D eigenvalue weighted by molar-refractivity contribution is -0.193. The van der Waals surface area contributed by atoms with Crippen molar-refractivity contribution in [1.82, 2.24) is 15.0 Å². The largest absolute Gasteiger partial charge is 0.490 e. The number of nitrogens with one attached hydrogen (secondary N) is 2. The van der Waals surface area contributed by atoms with Crippen LogP contribution in [-0.4, -0.2) is 66.7 Å². The zero-order valence-corrected chi connectivity index (χ0v) is 22.3. The van der Waals surface area contributed by atoms with E-state index in [0.717, 1.165) is 52.4 Å². The van der Waals surface area contributed by atoms with Gasteiger partial charge in [-0.2, -0.15) is 44.5 Å². The van der Waals surface area contributed by atoms with Crippen LogP contribution in [0, 0.1) is 6.92 Å². The zero-order chi connectivity index (χ0) is 34.8. The predicted molar refractivity (Wildman–Crippen MR) is 137 cm³/mol. The van der Waals surface area contributed by atoms with Crippen molar-refractivity contribution < 1.29 is 69.2 Å². The van der Waals surface area contributed by atoms with Crippen molar-refractivity contribution in [2.75, 3.05) is 16.4 Å². The van der Waals surface area contributed by atoms with Gasteiger partial charge in [0.2, 0.25) is 5.95 Å². The molecule has 4 rings (SSSR count). The van der Waals surface area contributed by atoms with Crippen LogP contribution >= 0.6 is 0 Å². The van der Waals surface area contributed by atoms with Gasteiger partial charge >= 0.3 is 36.4 Å². The molecular formula is C24H21F9N6O6. The van der Waals surface area contributed by atoms with E-state index in [2.05, 4.69) is 37.7 Å². The topological polar surface area (TPSA) is 201 Å². The Kier molecular flexibility index (Phi) is 12.9. The number of aliphatic carboxylic acids is 3. The molecule has 0 radical (unpaired) electrons. The summed E-state index contributed by atoms with van der Waals surface area (Å²) >= 11 is 0. The van der Waals surface area contributed by atoms with Gasteiger partial charge in [0.25, 0.3) is 0 Å². The SMILES string of the molecule is Cc1cnc2nc1Nc1ccc(N)c(c1)CCc1cncc(c1)N2.O=C(O)C(F)(F)F.O=C(O)C(F)(F)F.O=C(O)C(F)(F)F. The van der Waals surface area contributed by atoms with Gasteiger partial charge in [-0.15, -0.1) is 0 Å². The second kappa shape index (κ2) is 15.4. The van der Waals surface area contributed by atoms with Crippen LogP contribution in [0.5, 0.6) is 0 Å². The van der Waals surface area contributed by atoms with Gasteiger partial charge in [0, 0.05) is 29.3 Å². The van der Waals surface area contributed by atoms with Gasteiger partial charge in [0.1, 0.15) is 5.82 Å².